The largest absolute Gasteiger partial charge is 0.384 e. The quantitative estimate of drug-likeness (QED) is 0.742. The van der Waals surface area contributed by atoms with Gasteiger partial charge in [0, 0.05) is 13.0 Å². The Kier molecular flexibility index (Phi) is 2.86. The Morgan fingerprint density at radius 2 is 2.18 bits per heavy atom. The van der Waals surface area contributed by atoms with E-state index < -0.39 is 0 Å². The van der Waals surface area contributed by atoms with Crippen LogP contribution < -0.4 is 0 Å². The van der Waals surface area contributed by atoms with Crippen molar-refractivity contribution >= 4 is 5.57 Å². The summed E-state index contributed by atoms with van der Waals surface area (Å²) in [5.41, 5.74) is 5.91. The minimum absolute atomic E-state index is 0.481. The van der Waals surface area contributed by atoms with Gasteiger partial charge in [-0.05, 0) is 36.0 Å². The van der Waals surface area contributed by atoms with Crippen molar-refractivity contribution in [2.45, 2.75) is 25.2 Å². The summed E-state index contributed by atoms with van der Waals surface area (Å²) in [4.78, 5) is 0. The molecule has 0 spiro atoms. The summed E-state index contributed by atoms with van der Waals surface area (Å²) in [5.74, 6) is 0.481. The van der Waals surface area contributed by atoms with Gasteiger partial charge in [0.1, 0.15) is 0 Å². The van der Waals surface area contributed by atoms with Crippen LogP contribution in [0.15, 0.2) is 42.0 Å². The molecular weight excluding hydrogens is 208 g/mol. The average Bonchev–Trinajstić information content (AvgIpc) is 2.55. The Labute approximate surface area is 103 Å². The minimum Gasteiger partial charge on any atom is -0.384 e. The summed E-state index contributed by atoms with van der Waals surface area (Å²) >= 11 is 0. The van der Waals surface area contributed by atoms with E-state index in [2.05, 4.69) is 36.4 Å². The highest BCUT2D eigenvalue weighted by molar-refractivity contribution is 5.84. The standard InChI is InChI=1S/C16H18O/c1-17-11-16-14-8-4-2-3-7-12(14)13-9-5-6-10-15(13)16/h3,5-7,9-10,16H,2,4,8,11H2,1H3. The van der Waals surface area contributed by atoms with E-state index in [1.807, 2.05) is 0 Å². The van der Waals surface area contributed by atoms with E-state index in [1.54, 1.807) is 12.7 Å². The first kappa shape index (κ1) is 10.8. The van der Waals surface area contributed by atoms with Crippen molar-refractivity contribution in [3.05, 3.63) is 53.1 Å². The third-order valence-corrected chi connectivity index (χ3v) is 3.83. The molecule has 0 aromatic heterocycles. The van der Waals surface area contributed by atoms with Gasteiger partial charge in [0.25, 0.3) is 0 Å². The molecule has 88 valence electrons. The minimum atomic E-state index is 0.481. The van der Waals surface area contributed by atoms with Crippen molar-refractivity contribution in [1.29, 1.82) is 0 Å². The van der Waals surface area contributed by atoms with E-state index in [0.717, 1.165) is 6.61 Å². The maximum atomic E-state index is 5.41. The van der Waals surface area contributed by atoms with Gasteiger partial charge >= 0.3 is 0 Å². The Morgan fingerprint density at radius 3 is 3.06 bits per heavy atom. The molecule has 1 unspecified atom stereocenters. The van der Waals surface area contributed by atoms with E-state index in [1.165, 1.54) is 36.0 Å². The lowest BCUT2D eigenvalue weighted by molar-refractivity contribution is 0.188. The van der Waals surface area contributed by atoms with Crippen molar-refractivity contribution in [2.24, 2.45) is 0 Å². The Balaban J connectivity index is 2.11. The van der Waals surface area contributed by atoms with E-state index in [4.69, 9.17) is 4.74 Å². The molecule has 2 aliphatic rings. The first-order chi connectivity index (χ1) is 8.42. The van der Waals surface area contributed by atoms with Crippen LogP contribution in [0, 0.1) is 0 Å². The van der Waals surface area contributed by atoms with Crippen LogP contribution >= 0.6 is 0 Å². The van der Waals surface area contributed by atoms with Gasteiger partial charge in [-0.3, -0.25) is 0 Å². The van der Waals surface area contributed by atoms with E-state index in [-0.39, 0.29) is 0 Å². The number of hydrogen-bond donors (Lipinski definition) is 0. The van der Waals surface area contributed by atoms with Crippen molar-refractivity contribution in [1.82, 2.24) is 0 Å². The topological polar surface area (TPSA) is 9.23 Å². The predicted molar refractivity (Wildman–Crippen MR) is 71.0 cm³/mol. The van der Waals surface area contributed by atoms with E-state index in [9.17, 15) is 0 Å². The van der Waals surface area contributed by atoms with Gasteiger partial charge in [-0.15, -0.1) is 0 Å². The van der Waals surface area contributed by atoms with Gasteiger partial charge in [-0.1, -0.05) is 42.0 Å². The molecule has 2 aliphatic carbocycles. The van der Waals surface area contributed by atoms with Crippen LogP contribution in [-0.4, -0.2) is 13.7 Å². The number of ether oxygens (including phenoxy) is 1. The molecule has 0 fully saturated rings. The molecule has 0 saturated heterocycles. The van der Waals surface area contributed by atoms with Crippen LogP contribution in [0.5, 0.6) is 0 Å². The van der Waals surface area contributed by atoms with Gasteiger partial charge in [0.2, 0.25) is 0 Å². The fraction of sp³-hybridized carbons (Fsp3) is 0.375. The molecule has 1 nitrogen and oxygen atoms in total. The molecule has 1 atom stereocenters. The molecule has 1 aromatic rings. The zero-order chi connectivity index (χ0) is 11.7. The third-order valence-electron chi connectivity index (χ3n) is 3.83. The number of fused-ring (bicyclic) bond motifs is 2. The lowest BCUT2D eigenvalue weighted by atomic mass is 9.93. The lowest BCUT2D eigenvalue weighted by Crippen LogP contribution is -2.06. The van der Waals surface area contributed by atoms with Crippen molar-refractivity contribution in [3.63, 3.8) is 0 Å². The van der Waals surface area contributed by atoms with Crippen LogP contribution in [0.1, 0.15) is 36.3 Å². The number of methoxy groups -OCH3 is 1. The summed E-state index contributed by atoms with van der Waals surface area (Å²) in [6.07, 6.45) is 8.31. The fourth-order valence-electron chi connectivity index (χ4n) is 3.07. The fourth-order valence-corrected chi connectivity index (χ4v) is 3.07. The first-order valence-electron chi connectivity index (χ1n) is 6.39. The Hall–Kier alpha value is -1.34. The third kappa shape index (κ3) is 1.75. The second kappa shape index (κ2) is 4.50. The van der Waals surface area contributed by atoms with Crippen LogP contribution in [-0.2, 0) is 4.74 Å². The highest BCUT2D eigenvalue weighted by Crippen LogP contribution is 2.45. The van der Waals surface area contributed by atoms with Gasteiger partial charge in [0.05, 0.1) is 6.61 Å². The normalized spacial score (nSPS) is 22.3. The summed E-state index contributed by atoms with van der Waals surface area (Å²) < 4.78 is 5.41. The summed E-state index contributed by atoms with van der Waals surface area (Å²) in [5, 5.41) is 0. The van der Waals surface area contributed by atoms with Gasteiger partial charge in [0.15, 0.2) is 0 Å². The van der Waals surface area contributed by atoms with Gasteiger partial charge in [-0.25, -0.2) is 0 Å². The number of benzene rings is 1. The SMILES string of the molecule is COCC1C2=C(C=CCCC2)c2ccccc21. The molecule has 0 aliphatic heterocycles. The number of hydrogen-bond acceptors (Lipinski definition) is 1. The second-order valence-electron chi connectivity index (χ2n) is 4.83. The van der Waals surface area contributed by atoms with Crippen molar-refractivity contribution in [3.8, 4) is 0 Å². The summed E-state index contributed by atoms with van der Waals surface area (Å²) in [6.45, 7) is 0.809. The molecule has 0 radical (unpaired) electrons. The molecular formula is C16H18O. The van der Waals surface area contributed by atoms with Crippen LogP contribution in [0.25, 0.3) is 5.57 Å². The summed E-state index contributed by atoms with van der Waals surface area (Å²) in [6, 6.07) is 8.77. The molecule has 1 heteroatoms. The zero-order valence-corrected chi connectivity index (χ0v) is 10.3. The molecule has 17 heavy (non-hydrogen) atoms. The summed E-state index contributed by atoms with van der Waals surface area (Å²) in [7, 11) is 1.80. The van der Waals surface area contributed by atoms with Crippen LogP contribution in [0.2, 0.25) is 0 Å². The highest BCUT2D eigenvalue weighted by Gasteiger charge is 2.29. The first-order valence-corrected chi connectivity index (χ1v) is 6.39. The molecule has 0 saturated carbocycles. The molecule has 0 amide bonds. The number of allylic oxidation sites excluding steroid dienone is 3. The maximum absolute atomic E-state index is 5.41. The van der Waals surface area contributed by atoms with Crippen molar-refractivity contribution < 1.29 is 4.74 Å². The number of rotatable bonds is 2. The maximum Gasteiger partial charge on any atom is 0.0568 e. The van der Waals surface area contributed by atoms with Crippen molar-refractivity contribution in [2.75, 3.05) is 13.7 Å². The molecule has 0 heterocycles. The van der Waals surface area contributed by atoms with Crippen LogP contribution in [0.4, 0.5) is 0 Å². The van der Waals surface area contributed by atoms with E-state index in [0.29, 0.717) is 5.92 Å². The lowest BCUT2D eigenvalue weighted by Gasteiger charge is -2.15. The average molecular weight is 226 g/mol. The van der Waals surface area contributed by atoms with Gasteiger partial charge < -0.3 is 4.74 Å². The molecule has 3 rings (SSSR count). The Bertz CT molecular complexity index is 482. The van der Waals surface area contributed by atoms with E-state index >= 15 is 0 Å². The molecule has 1 aromatic carbocycles. The molecule has 0 N–H and O–H groups in total. The van der Waals surface area contributed by atoms with Gasteiger partial charge in [-0.2, -0.15) is 0 Å². The zero-order valence-electron chi connectivity index (χ0n) is 10.3. The molecule has 0 bridgehead atoms. The monoisotopic (exact) mass is 226 g/mol. The second-order valence-corrected chi connectivity index (χ2v) is 4.83. The smallest absolute Gasteiger partial charge is 0.0568 e. The predicted octanol–water partition coefficient (Wildman–Crippen LogP) is 3.92. The highest BCUT2D eigenvalue weighted by atomic mass is 16.5. The van der Waals surface area contributed by atoms with Crippen LogP contribution in [0.3, 0.4) is 0 Å². The Morgan fingerprint density at radius 1 is 1.29 bits per heavy atom.